The average Bonchev–Trinajstić information content (AvgIpc) is 3.04. The van der Waals surface area contributed by atoms with Crippen LogP contribution < -0.4 is 5.32 Å². The van der Waals surface area contributed by atoms with E-state index in [1.807, 2.05) is 4.90 Å². The van der Waals surface area contributed by atoms with E-state index in [4.69, 9.17) is 11.6 Å². The Hall–Kier alpha value is -1.92. The van der Waals surface area contributed by atoms with Gasteiger partial charge in [0.05, 0.1) is 0 Å². The van der Waals surface area contributed by atoms with Crippen LogP contribution in [-0.4, -0.2) is 34.8 Å². The number of amides is 2. The molecule has 1 N–H and O–H groups in total. The lowest BCUT2D eigenvalue weighted by molar-refractivity contribution is 0.0692. The first kappa shape index (κ1) is 16.9. The number of nitrogens with zero attached hydrogens (tertiary/aromatic N) is 2. The Balaban J connectivity index is 1.63. The lowest BCUT2D eigenvalue weighted by Gasteiger charge is -2.29. The van der Waals surface area contributed by atoms with E-state index >= 15 is 0 Å². The van der Waals surface area contributed by atoms with E-state index in [0.717, 1.165) is 25.9 Å². The van der Waals surface area contributed by atoms with Crippen LogP contribution in [0.3, 0.4) is 0 Å². The Morgan fingerprint density at radius 3 is 2.58 bits per heavy atom. The molecule has 0 radical (unpaired) electrons. The molecule has 0 saturated carbocycles. The summed E-state index contributed by atoms with van der Waals surface area (Å²) in [7, 11) is 0. The summed E-state index contributed by atoms with van der Waals surface area (Å²) in [6.07, 6.45) is 2.05. The maximum atomic E-state index is 12.5. The lowest BCUT2D eigenvalue weighted by Crippen LogP contribution is -2.38. The maximum Gasteiger partial charge on any atom is 0.273 e. The molecule has 1 fully saturated rings. The summed E-state index contributed by atoms with van der Waals surface area (Å²) in [5, 5.41) is 5.40. The first-order chi connectivity index (χ1) is 11.5. The minimum atomic E-state index is -0.271. The van der Waals surface area contributed by atoms with E-state index in [2.05, 4.69) is 17.2 Å². The fraction of sp³-hybridized carbons (Fsp3) is 0.353. The van der Waals surface area contributed by atoms with Gasteiger partial charge in [-0.15, -0.1) is 11.3 Å². The summed E-state index contributed by atoms with van der Waals surface area (Å²) >= 11 is 7.07. The van der Waals surface area contributed by atoms with E-state index < -0.39 is 0 Å². The Morgan fingerprint density at radius 1 is 1.25 bits per heavy atom. The Labute approximate surface area is 149 Å². The number of thiazole rings is 1. The summed E-state index contributed by atoms with van der Waals surface area (Å²) < 4.78 is 0. The fourth-order valence-electron chi connectivity index (χ4n) is 2.57. The van der Waals surface area contributed by atoms with E-state index in [1.165, 1.54) is 11.3 Å². The summed E-state index contributed by atoms with van der Waals surface area (Å²) in [6.45, 7) is 3.74. The first-order valence-corrected chi connectivity index (χ1v) is 9.10. The molecule has 0 spiro atoms. The van der Waals surface area contributed by atoms with Gasteiger partial charge >= 0.3 is 0 Å². The highest BCUT2D eigenvalue weighted by molar-refractivity contribution is 7.14. The predicted molar refractivity (Wildman–Crippen MR) is 95.8 cm³/mol. The van der Waals surface area contributed by atoms with Gasteiger partial charge in [-0.1, -0.05) is 18.5 Å². The van der Waals surface area contributed by atoms with Crippen molar-refractivity contribution in [3.63, 3.8) is 0 Å². The van der Waals surface area contributed by atoms with Gasteiger partial charge in [0.1, 0.15) is 5.69 Å². The Bertz CT molecular complexity index is 737. The second-order valence-electron chi connectivity index (χ2n) is 5.97. The largest absolute Gasteiger partial charge is 0.337 e. The van der Waals surface area contributed by atoms with E-state index in [0.29, 0.717) is 27.3 Å². The number of anilines is 1. The molecule has 1 aromatic carbocycles. The molecule has 3 rings (SSSR count). The van der Waals surface area contributed by atoms with Crippen molar-refractivity contribution in [2.45, 2.75) is 19.8 Å². The standard InChI is InChI=1S/C17H18ClN3O2S/c1-11-6-8-21(9-7-11)16(23)14-10-24-17(19-14)20-15(22)12-2-4-13(18)5-3-12/h2-5,10-11H,6-9H2,1H3,(H,19,20,22). The molecular weight excluding hydrogens is 346 g/mol. The topological polar surface area (TPSA) is 62.3 Å². The van der Waals surface area contributed by atoms with Crippen LogP contribution in [0.2, 0.25) is 5.02 Å². The van der Waals surface area contributed by atoms with Crippen LogP contribution >= 0.6 is 22.9 Å². The number of likely N-dealkylation sites (tertiary alicyclic amines) is 1. The third-order valence-corrected chi connectivity index (χ3v) is 5.13. The van der Waals surface area contributed by atoms with Crippen molar-refractivity contribution in [1.82, 2.24) is 9.88 Å². The van der Waals surface area contributed by atoms with Crippen LogP contribution in [0.25, 0.3) is 0 Å². The molecule has 0 bridgehead atoms. The van der Waals surface area contributed by atoms with Gasteiger partial charge in [-0.2, -0.15) is 0 Å². The molecule has 2 aromatic rings. The minimum absolute atomic E-state index is 0.0647. The SMILES string of the molecule is CC1CCN(C(=O)c2csc(NC(=O)c3ccc(Cl)cc3)n2)CC1. The number of hydrogen-bond acceptors (Lipinski definition) is 4. The lowest BCUT2D eigenvalue weighted by atomic mass is 9.99. The molecule has 1 saturated heterocycles. The zero-order chi connectivity index (χ0) is 17.1. The number of carbonyl (C=O) groups excluding carboxylic acids is 2. The van der Waals surface area contributed by atoms with E-state index in [1.54, 1.807) is 29.6 Å². The van der Waals surface area contributed by atoms with Gasteiger partial charge in [0.2, 0.25) is 0 Å². The van der Waals surface area contributed by atoms with Crippen molar-refractivity contribution in [3.8, 4) is 0 Å². The quantitative estimate of drug-likeness (QED) is 0.898. The molecule has 2 amide bonds. The van der Waals surface area contributed by atoms with Gasteiger partial charge in [0.15, 0.2) is 5.13 Å². The highest BCUT2D eigenvalue weighted by Gasteiger charge is 2.23. The number of hydrogen-bond donors (Lipinski definition) is 1. The number of benzene rings is 1. The van der Waals surface area contributed by atoms with E-state index in [9.17, 15) is 9.59 Å². The third kappa shape index (κ3) is 3.94. The third-order valence-electron chi connectivity index (χ3n) is 4.12. The number of nitrogens with one attached hydrogen (secondary N) is 1. The summed E-state index contributed by atoms with van der Waals surface area (Å²) in [4.78, 5) is 30.7. The van der Waals surface area contributed by atoms with Crippen molar-refractivity contribution in [2.75, 3.05) is 18.4 Å². The van der Waals surface area contributed by atoms with Crippen molar-refractivity contribution in [3.05, 3.63) is 45.9 Å². The molecule has 0 aliphatic carbocycles. The van der Waals surface area contributed by atoms with Gasteiger partial charge in [-0.25, -0.2) is 4.98 Å². The number of carbonyl (C=O) groups is 2. The van der Waals surface area contributed by atoms with E-state index in [-0.39, 0.29) is 11.8 Å². The molecule has 5 nitrogen and oxygen atoms in total. The normalized spacial score (nSPS) is 15.3. The first-order valence-electron chi connectivity index (χ1n) is 7.84. The monoisotopic (exact) mass is 363 g/mol. The molecule has 126 valence electrons. The molecule has 1 aromatic heterocycles. The highest BCUT2D eigenvalue weighted by Crippen LogP contribution is 2.21. The van der Waals surface area contributed by atoms with Crippen LogP contribution in [-0.2, 0) is 0 Å². The summed E-state index contributed by atoms with van der Waals surface area (Å²) in [5.41, 5.74) is 0.883. The van der Waals surface area contributed by atoms with Crippen LogP contribution in [0.5, 0.6) is 0 Å². The summed E-state index contributed by atoms with van der Waals surface area (Å²) in [5.74, 6) is 0.329. The van der Waals surface area contributed by atoms with Gasteiger partial charge in [-0.3, -0.25) is 14.9 Å². The predicted octanol–water partition coefficient (Wildman–Crippen LogP) is 3.92. The molecule has 0 atom stereocenters. The second-order valence-corrected chi connectivity index (χ2v) is 7.27. The zero-order valence-corrected chi connectivity index (χ0v) is 14.9. The number of aromatic nitrogens is 1. The molecule has 0 unspecified atom stereocenters. The minimum Gasteiger partial charge on any atom is -0.337 e. The van der Waals surface area contributed by atoms with Crippen molar-refractivity contribution in [1.29, 1.82) is 0 Å². The molecule has 24 heavy (non-hydrogen) atoms. The number of piperidine rings is 1. The van der Waals surface area contributed by atoms with Crippen molar-refractivity contribution < 1.29 is 9.59 Å². The number of rotatable bonds is 3. The van der Waals surface area contributed by atoms with Gasteiger partial charge in [0, 0.05) is 29.1 Å². The molecule has 2 heterocycles. The second kappa shape index (κ2) is 7.32. The van der Waals surface area contributed by atoms with Crippen LogP contribution in [0.15, 0.2) is 29.6 Å². The maximum absolute atomic E-state index is 12.5. The van der Waals surface area contributed by atoms with Gasteiger partial charge in [0.25, 0.3) is 11.8 Å². The van der Waals surface area contributed by atoms with Crippen LogP contribution in [0, 0.1) is 5.92 Å². The zero-order valence-electron chi connectivity index (χ0n) is 13.3. The number of halogens is 1. The van der Waals surface area contributed by atoms with Gasteiger partial charge in [-0.05, 0) is 43.0 Å². The van der Waals surface area contributed by atoms with Crippen LogP contribution in [0.1, 0.15) is 40.6 Å². The molecule has 7 heteroatoms. The molecule has 1 aliphatic rings. The van der Waals surface area contributed by atoms with Crippen molar-refractivity contribution >= 4 is 39.9 Å². The highest BCUT2D eigenvalue weighted by atomic mass is 35.5. The van der Waals surface area contributed by atoms with Crippen molar-refractivity contribution in [2.24, 2.45) is 5.92 Å². The Morgan fingerprint density at radius 2 is 1.92 bits per heavy atom. The Kier molecular flexibility index (Phi) is 5.16. The molecular formula is C17H18ClN3O2S. The average molecular weight is 364 g/mol. The smallest absolute Gasteiger partial charge is 0.273 e. The fourth-order valence-corrected chi connectivity index (χ4v) is 3.38. The molecule has 1 aliphatic heterocycles. The van der Waals surface area contributed by atoms with Gasteiger partial charge < -0.3 is 4.90 Å². The summed E-state index contributed by atoms with van der Waals surface area (Å²) in [6, 6.07) is 6.60. The van der Waals surface area contributed by atoms with Crippen LogP contribution in [0.4, 0.5) is 5.13 Å².